The number of hydrogen-bond donors (Lipinski definition) is 2. The van der Waals surface area contributed by atoms with Crippen LogP contribution < -0.4 is 5.32 Å². The number of carbonyl (C=O) groups is 3. The van der Waals surface area contributed by atoms with E-state index in [9.17, 15) is 14.4 Å². The fourth-order valence-corrected chi connectivity index (χ4v) is 5.09. The molecule has 180 valence electrons. The van der Waals surface area contributed by atoms with Crippen molar-refractivity contribution in [2.45, 2.75) is 31.2 Å². The summed E-state index contributed by atoms with van der Waals surface area (Å²) in [5.41, 5.74) is 4.69. The van der Waals surface area contributed by atoms with Gasteiger partial charge in [0.2, 0.25) is 0 Å². The summed E-state index contributed by atoms with van der Waals surface area (Å²) in [7, 11) is 1.62. The molecule has 9 heteroatoms. The molecule has 35 heavy (non-hydrogen) atoms. The number of rotatable bonds is 6. The number of amides is 2. The van der Waals surface area contributed by atoms with Gasteiger partial charge in [-0.1, -0.05) is 48.5 Å². The van der Waals surface area contributed by atoms with Crippen LogP contribution in [0.1, 0.15) is 46.8 Å². The summed E-state index contributed by atoms with van der Waals surface area (Å²) in [6, 6.07) is 17.3. The van der Waals surface area contributed by atoms with Crippen molar-refractivity contribution in [1.82, 2.24) is 14.7 Å². The number of hydrogen-bond acceptors (Lipinski definition) is 5. The lowest BCUT2D eigenvalue weighted by Crippen LogP contribution is -2.37. The molecule has 1 aliphatic carbocycles. The lowest BCUT2D eigenvalue weighted by atomic mass is 9.98. The molecule has 0 bridgehead atoms. The predicted octanol–water partition coefficient (Wildman–Crippen LogP) is 3.86. The largest absolute Gasteiger partial charge is 0.481 e. The van der Waals surface area contributed by atoms with E-state index in [-0.39, 0.29) is 36.6 Å². The van der Waals surface area contributed by atoms with Crippen LogP contribution in [0.5, 0.6) is 0 Å². The molecule has 1 fully saturated rings. The zero-order chi connectivity index (χ0) is 24.5. The first-order chi connectivity index (χ1) is 16.9. The molecule has 0 radical (unpaired) electrons. The number of carboxylic acid groups (broad SMARTS) is 1. The summed E-state index contributed by atoms with van der Waals surface area (Å²) in [6.07, 6.45) is 0.666. The fourth-order valence-electron chi connectivity index (χ4n) is 5.09. The number of carboxylic acids is 1. The minimum absolute atomic E-state index is 0.0573. The molecule has 1 saturated heterocycles. The molecule has 0 saturated carbocycles. The number of aryl methyl sites for hydroxylation is 1. The maximum atomic E-state index is 12.9. The number of nitrogens with one attached hydrogen (secondary N) is 1. The van der Waals surface area contributed by atoms with Gasteiger partial charge in [-0.2, -0.15) is 5.10 Å². The van der Waals surface area contributed by atoms with E-state index >= 15 is 0 Å². The number of likely N-dealkylation sites (tertiary alicyclic amines) is 1. The van der Waals surface area contributed by atoms with E-state index < -0.39 is 12.1 Å². The van der Waals surface area contributed by atoms with Crippen molar-refractivity contribution in [2.24, 2.45) is 7.05 Å². The van der Waals surface area contributed by atoms with E-state index in [4.69, 9.17) is 9.84 Å². The van der Waals surface area contributed by atoms with Crippen LogP contribution in [0.15, 0.2) is 54.6 Å². The van der Waals surface area contributed by atoms with Crippen LogP contribution in [0.4, 0.5) is 10.6 Å². The molecular formula is C26H26N4O5. The Morgan fingerprint density at radius 2 is 1.74 bits per heavy atom. The highest BCUT2D eigenvalue weighted by atomic mass is 16.5. The molecule has 5 rings (SSSR count). The Hall–Kier alpha value is -4.14. The number of benzene rings is 2. The minimum atomic E-state index is -0.937. The normalized spacial score (nSPS) is 16.6. The second kappa shape index (κ2) is 9.25. The molecule has 1 unspecified atom stereocenters. The third-order valence-electron chi connectivity index (χ3n) is 6.72. The Balaban J connectivity index is 1.25. The van der Waals surface area contributed by atoms with E-state index in [2.05, 4.69) is 34.7 Å². The molecule has 2 aliphatic rings. The lowest BCUT2D eigenvalue weighted by molar-refractivity contribution is -0.137. The maximum absolute atomic E-state index is 12.9. The van der Waals surface area contributed by atoms with Crippen LogP contribution in [0.25, 0.3) is 11.1 Å². The van der Waals surface area contributed by atoms with Gasteiger partial charge in [0.25, 0.3) is 5.91 Å². The van der Waals surface area contributed by atoms with Crippen LogP contribution >= 0.6 is 0 Å². The van der Waals surface area contributed by atoms with Crippen molar-refractivity contribution in [3.8, 4) is 11.1 Å². The molecule has 1 atom stereocenters. The molecule has 2 heterocycles. The molecule has 1 aromatic heterocycles. The first-order valence-corrected chi connectivity index (χ1v) is 11.6. The van der Waals surface area contributed by atoms with Gasteiger partial charge in [-0.25, -0.2) is 4.79 Å². The Morgan fingerprint density at radius 3 is 2.40 bits per heavy atom. The van der Waals surface area contributed by atoms with Crippen molar-refractivity contribution >= 4 is 23.8 Å². The number of aliphatic carboxylic acids is 1. The molecular weight excluding hydrogens is 448 g/mol. The van der Waals surface area contributed by atoms with Gasteiger partial charge in [-0.15, -0.1) is 0 Å². The van der Waals surface area contributed by atoms with Crippen LogP contribution in [-0.4, -0.2) is 57.0 Å². The van der Waals surface area contributed by atoms with E-state index in [1.54, 1.807) is 11.9 Å². The quantitative estimate of drug-likeness (QED) is 0.561. The number of ether oxygens (including phenoxy) is 1. The summed E-state index contributed by atoms with van der Waals surface area (Å²) >= 11 is 0. The third kappa shape index (κ3) is 4.37. The van der Waals surface area contributed by atoms with Gasteiger partial charge in [0.15, 0.2) is 5.69 Å². The highest BCUT2D eigenvalue weighted by molar-refractivity contribution is 5.95. The van der Waals surface area contributed by atoms with Gasteiger partial charge >= 0.3 is 12.1 Å². The topological polar surface area (TPSA) is 114 Å². The van der Waals surface area contributed by atoms with E-state index in [0.29, 0.717) is 18.8 Å². The summed E-state index contributed by atoms with van der Waals surface area (Å²) in [5.74, 6) is -1.02. The smallest absolute Gasteiger partial charge is 0.412 e. The van der Waals surface area contributed by atoms with E-state index in [1.807, 2.05) is 24.3 Å². The second-order valence-corrected chi connectivity index (χ2v) is 8.88. The fraction of sp³-hybridized carbons (Fsp3) is 0.308. The van der Waals surface area contributed by atoms with Gasteiger partial charge in [0.05, 0.1) is 6.42 Å². The maximum Gasteiger partial charge on any atom is 0.412 e. The highest BCUT2D eigenvalue weighted by Gasteiger charge is 2.33. The standard InChI is InChI=1S/C26H26N4O5/c1-29-23(14-22(28-29)25(33)30-12-6-7-16(30)13-24(31)32)27-26(34)35-15-21-19-10-4-2-8-17(19)18-9-3-5-11-20(18)21/h2-5,8-11,14,16,21H,6-7,12-13,15H2,1H3,(H,27,34)(H,31,32). The van der Waals surface area contributed by atoms with Crippen molar-refractivity contribution in [3.05, 3.63) is 71.4 Å². The molecule has 3 aromatic rings. The van der Waals surface area contributed by atoms with Gasteiger partial charge in [-0.3, -0.25) is 19.6 Å². The van der Waals surface area contributed by atoms with E-state index in [1.165, 1.54) is 10.7 Å². The van der Waals surface area contributed by atoms with Gasteiger partial charge < -0.3 is 14.7 Å². The van der Waals surface area contributed by atoms with E-state index in [0.717, 1.165) is 28.7 Å². The summed E-state index contributed by atoms with van der Waals surface area (Å²) in [4.78, 5) is 38.2. The molecule has 2 N–H and O–H groups in total. The average Bonchev–Trinajstić information content (AvgIpc) is 3.53. The number of fused-ring (bicyclic) bond motifs is 3. The summed E-state index contributed by atoms with van der Waals surface area (Å²) < 4.78 is 6.98. The third-order valence-corrected chi connectivity index (χ3v) is 6.72. The van der Waals surface area contributed by atoms with Crippen LogP contribution in [0.3, 0.4) is 0 Å². The Morgan fingerprint density at radius 1 is 1.09 bits per heavy atom. The highest BCUT2D eigenvalue weighted by Crippen LogP contribution is 2.44. The Kier molecular flexibility index (Phi) is 5.98. The van der Waals surface area contributed by atoms with Crippen molar-refractivity contribution < 1.29 is 24.2 Å². The van der Waals surface area contributed by atoms with Crippen molar-refractivity contribution in [3.63, 3.8) is 0 Å². The van der Waals surface area contributed by atoms with Crippen LogP contribution in [0.2, 0.25) is 0 Å². The van der Waals surface area contributed by atoms with Crippen LogP contribution in [0, 0.1) is 0 Å². The van der Waals surface area contributed by atoms with Gasteiger partial charge in [-0.05, 0) is 35.1 Å². The monoisotopic (exact) mass is 474 g/mol. The molecule has 2 aromatic carbocycles. The predicted molar refractivity (Wildman–Crippen MR) is 128 cm³/mol. The second-order valence-electron chi connectivity index (χ2n) is 8.88. The first-order valence-electron chi connectivity index (χ1n) is 11.6. The zero-order valence-corrected chi connectivity index (χ0v) is 19.3. The molecule has 9 nitrogen and oxygen atoms in total. The summed E-state index contributed by atoms with van der Waals surface area (Å²) in [6.45, 7) is 0.663. The molecule has 1 aliphatic heterocycles. The van der Waals surface area contributed by atoms with Gasteiger partial charge in [0.1, 0.15) is 12.4 Å². The summed E-state index contributed by atoms with van der Waals surface area (Å²) in [5, 5.41) is 16.0. The Bertz CT molecular complexity index is 1250. The zero-order valence-electron chi connectivity index (χ0n) is 19.3. The molecule has 0 spiro atoms. The lowest BCUT2D eigenvalue weighted by Gasteiger charge is -2.22. The number of carbonyl (C=O) groups excluding carboxylic acids is 2. The number of anilines is 1. The number of nitrogens with zero attached hydrogens (tertiary/aromatic N) is 3. The van der Waals surface area contributed by atoms with Gasteiger partial charge in [0, 0.05) is 31.6 Å². The van der Waals surface area contributed by atoms with Crippen molar-refractivity contribution in [2.75, 3.05) is 18.5 Å². The molecule has 2 amide bonds. The average molecular weight is 475 g/mol. The van der Waals surface area contributed by atoms with Crippen LogP contribution in [-0.2, 0) is 16.6 Å². The number of aromatic nitrogens is 2. The first kappa shape index (κ1) is 22.6. The SMILES string of the molecule is Cn1nc(C(=O)N2CCCC2CC(=O)O)cc1NC(=O)OCC1c2ccccc2-c2ccccc21. The Labute approximate surface area is 202 Å². The van der Waals surface area contributed by atoms with Crippen molar-refractivity contribution in [1.29, 1.82) is 0 Å². The minimum Gasteiger partial charge on any atom is -0.481 e.